The number of alkyl halides is 1. The first-order chi connectivity index (χ1) is 9.82. The van der Waals surface area contributed by atoms with Gasteiger partial charge in [0.1, 0.15) is 10.8 Å². The molecule has 0 aliphatic rings. The van der Waals surface area contributed by atoms with Crippen LogP contribution in [-0.2, 0) is 19.6 Å². The Labute approximate surface area is 134 Å². The van der Waals surface area contributed by atoms with Crippen molar-refractivity contribution in [1.82, 2.24) is 4.31 Å². The molecule has 6 nitrogen and oxygen atoms in total. The van der Waals surface area contributed by atoms with Gasteiger partial charge in [0.05, 0.1) is 11.6 Å². The maximum atomic E-state index is 12.4. The minimum Gasteiger partial charge on any atom is -0.383 e. The molecule has 1 N–H and O–H groups in total. The van der Waals surface area contributed by atoms with Crippen LogP contribution in [-0.4, -0.2) is 51.8 Å². The number of rotatable bonds is 7. The molecular weight excluding hydrogens is 339 g/mol. The van der Waals surface area contributed by atoms with Crippen molar-refractivity contribution in [2.75, 3.05) is 38.5 Å². The van der Waals surface area contributed by atoms with Gasteiger partial charge in [-0.2, -0.15) is 4.31 Å². The van der Waals surface area contributed by atoms with Gasteiger partial charge >= 0.3 is 0 Å². The predicted molar refractivity (Wildman–Crippen MR) is 82.5 cm³/mol. The van der Waals surface area contributed by atoms with Crippen LogP contribution in [0.2, 0.25) is 5.02 Å². The molecule has 1 rings (SSSR count). The molecule has 1 aromatic carbocycles. The van der Waals surface area contributed by atoms with E-state index in [4.69, 9.17) is 27.9 Å². The number of hydrogen-bond acceptors (Lipinski definition) is 4. The number of nitrogens with one attached hydrogen (secondary N) is 1. The van der Waals surface area contributed by atoms with E-state index in [0.29, 0.717) is 5.69 Å². The van der Waals surface area contributed by atoms with Crippen molar-refractivity contribution in [2.24, 2.45) is 0 Å². The lowest BCUT2D eigenvalue weighted by Crippen LogP contribution is -2.30. The number of methoxy groups -OCH3 is 1. The number of anilines is 1. The van der Waals surface area contributed by atoms with Crippen LogP contribution in [0.15, 0.2) is 23.1 Å². The van der Waals surface area contributed by atoms with Crippen LogP contribution in [0.3, 0.4) is 0 Å². The summed E-state index contributed by atoms with van der Waals surface area (Å²) in [6, 6.07) is 4.20. The summed E-state index contributed by atoms with van der Waals surface area (Å²) < 4.78 is 30.8. The Morgan fingerprint density at radius 2 is 2.10 bits per heavy atom. The van der Waals surface area contributed by atoms with Crippen molar-refractivity contribution >= 4 is 44.8 Å². The molecule has 0 bridgehead atoms. The van der Waals surface area contributed by atoms with E-state index in [0.717, 1.165) is 4.31 Å². The molecule has 0 atom stereocenters. The monoisotopic (exact) mass is 354 g/mol. The van der Waals surface area contributed by atoms with Crippen molar-refractivity contribution < 1.29 is 17.9 Å². The molecule has 0 aliphatic heterocycles. The predicted octanol–water partition coefficient (Wildman–Crippen LogP) is 1.78. The summed E-state index contributed by atoms with van der Waals surface area (Å²) in [6.45, 7) is 0.448. The molecule has 0 unspecified atom stereocenters. The van der Waals surface area contributed by atoms with Crippen LogP contribution in [0.1, 0.15) is 0 Å². The van der Waals surface area contributed by atoms with Gasteiger partial charge < -0.3 is 10.1 Å². The first kappa shape index (κ1) is 18.2. The van der Waals surface area contributed by atoms with Gasteiger partial charge in [0.15, 0.2) is 0 Å². The second-order valence-electron chi connectivity index (χ2n) is 4.15. The number of ether oxygens (including phenoxy) is 1. The molecule has 118 valence electrons. The Hall–Kier alpha value is -0.860. The lowest BCUT2D eigenvalue weighted by atomic mass is 10.3. The number of amides is 1. The highest BCUT2D eigenvalue weighted by Crippen LogP contribution is 2.27. The average Bonchev–Trinajstić information content (AvgIpc) is 2.46. The smallest absolute Gasteiger partial charge is 0.244 e. The molecule has 9 heteroatoms. The molecule has 0 saturated carbocycles. The van der Waals surface area contributed by atoms with Crippen LogP contribution < -0.4 is 5.32 Å². The Morgan fingerprint density at radius 1 is 1.43 bits per heavy atom. The number of halogens is 2. The van der Waals surface area contributed by atoms with Crippen molar-refractivity contribution in [1.29, 1.82) is 0 Å². The zero-order chi connectivity index (χ0) is 16.0. The van der Waals surface area contributed by atoms with Gasteiger partial charge in [-0.15, -0.1) is 11.6 Å². The van der Waals surface area contributed by atoms with E-state index in [2.05, 4.69) is 5.32 Å². The number of hydrogen-bond donors (Lipinski definition) is 1. The highest BCUT2D eigenvalue weighted by Gasteiger charge is 2.24. The van der Waals surface area contributed by atoms with E-state index in [1.54, 1.807) is 0 Å². The zero-order valence-electron chi connectivity index (χ0n) is 11.6. The summed E-state index contributed by atoms with van der Waals surface area (Å²) in [5.74, 6) is -0.659. The highest BCUT2D eigenvalue weighted by molar-refractivity contribution is 7.89. The lowest BCUT2D eigenvalue weighted by Gasteiger charge is -2.18. The van der Waals surface area contributed by atoms with E-state index >= 15 is 0 Å². The summed E-state index contributed by atoms with van der Waals surface area (Å²) in [5.41, 5.74) is 0.309. The van der Waals surface area contributed by atoms with E-state index in [1.807, 2.05) is 0 Å². The minimum absolute atomic E-state index is 0.0724. The third-order valence-corrected chi connectivity index (χ3v) is 5.22. The molecule has 0 aliphatic carbocycles. The van der Waals surface area contributed by atoms with Crippen LogP contribution in [0.5, 0.6) is 0 Å². The maximum absolute atomic E-state index is 12.4. The molecule has 0 aromatic heterocycles. The Bertz CT molecular complexity index is 607. The molecule has 0 radical (unpaired) electrons. The van der Waals surface area contributed by atoms with Gasteiger partial charge in [0, 0.05) is 26.4 Å². The summed E-state index contributed by atoms with van der Waals surface area (Å²) >= 11 is 11.3. The fourth-order valence-electron chi connectivity index (χ4n) is 1.48. The third-order valence-electron chi connectivity index (χ3n) is 2.63. The number of benzene rings is 1. The average molecular weight is 355 g/mol. The first-order valence-corrected chi connectivity index (χ1v) is 8.28. The summed E-state index contributed by atoms with van der Waals surface area (Å²) in [5, 5.41) is 2.55. The topological polar surface area (TPSA) is 75.7 Å². The molecule has 21 heavy (non-hydrogen) atoms. The van der Waals surface area contributed by atoms with Gasteiger partial charge in [-0.1, -0.05) is 11.6 Å². The minimum atomic E-state index is -3.77. The fourth-order valence-corrected chi connectivity index (χ4v) is 3.20. The van der Waals surface area contributed by atoms with Crippen LogP contribution >= 0.6 is 23.2 Å². The van der Waals surface area contributed by atoms with Crippen molar-refractivity contribution in [3.63, 3.8) is 0 Å². The fraction of sp³-hybridized carbons (Fsp3) is 0.417. The van der Waals surface area contributed by atoms with E-state index in [1.165, 1.54) is 32.4 Å². The number of carbonyl (C=O) groups is 1. The molecular formula is C12H16Cl2N2O4S. The number of nitrogens with zero attached hydrogens (tertiary/aromatic N) is 1. The molecule has 0 saturated heterocycles. The van der Waals surface area contributed by atoms with Gasteiger partial charge in [-0.3, -0.25) is 4.79 Å². The number of carbonyl (C=O) groups excluding carboxylic acids is 1. The van der Waals surface area contributed by atoms with E-state index < -0.39 is 15.9 Å². The normalized spacial score (nSPS) is 11.7. The van der Waals surface area contributed by atoms with Crippen molar-refractivity contribution in [2.45, 2.75) is 4.90 Å². The second-order valence-corrected chi connectivity index (χ2v) is 6.83. The zero-order valence-corrected chi connectivity index (χ0v) is 13.9. The quantitative estimate of drug-likeness (QED) is 0.757. The summed E-state index contributed by atoms with van der Waals surface area (Å²) in [4.78, 5) is 11.2. The molecule has 1 aromatic rings. The third kappa shape index (κ3) is 4.82. The lowest BCUT2D eigenvalue weighted by molar-refractivity contribution is -0.113. The summed E-state index contributed by atoms with van der Waals surface area (Å²) in [7, 11) is -0.863. The van der Waals surface area contributed by atoms with Crippen LogP contribution in [0.4, 0.5) is 5.69 Å². The Morgan fingerprint density at radius 3 is 2.67 bits per heavy atom. The largest absolute Gasteiger partial charge is 0.383 e. The van der Waals surface area contributed by atoms with Crippen LogP contribution in [0.25, 0.3) is 0 Å². The van der Waals surface area contributed by atoms with Crippen molar-refractivity contribution in [3.8, 4) is 0 Å². The molecule has 1 amide bonds. The van der Waals surface area contributed by atoms with Gasteiger partial charge in [-0.05, 0) is 18.2 Å². The second kappa shape index (κ2) is 7.95. The highest BCUT2D eigenvalue weighted by atomic mass is 35.5. The van der Waals surface area contributed by atoms with Gasteiger partial charge in [0.2, 0.25) is 15.9 Å². The Balaban J connectivity index is 3.10. The number of likely N-dealkylation sites (N-methyl/N-ethyl adjacent to an activating group) is 1. The number of sulfonamides is 1. The van der Waals surface area contributed by atoms with Crippen molar-refractivity contribution in [3.05, 3.63) is 23.2 Å². The Kier molecular flexibility index (Phi) is 6.89. The standard InChI is InChI=1S/C12H16Cl2N2O4S/c1-16(5-6-20-2)21(18,19)11-7-9(3-4-10(11)14)15-12(17)8-13/h3-4,7H,5-6,8H2,1-2H3,(H,15,17). The maximum Gasteiger partial charge on any atom is 0.244 e. The van der Waals surface area contributed by atoms with Gasteiger partial charge in [-0.25, -0.2) is 8.42 Å². The van der Waals surface area contributed by atoms with E-state index in [9.17, 15) is 13.2 Å². The van der Waals surface area contributed by atoms with Crippen LogP contribution in [0, 0.1) is 0 Å². The molecule has 0 heterocycles. The van der Waals surface area contributed by atoms with E-state index in [-0.39, 0.29) is 28.9 Å². The SMILES string of the molecule is COCCN(C)S(=O)(=O)c1cc(NC(=O)CCl)ccc1Cl. The summed E-state index contributed by atoms with van der Waals surface area (Å²) in [6.07, 6.45) is 0. The molecule has 0 fully saturated rings. The first-order valence-electron chi connectivity index (χ1n) is 5.93. The van der Waals surface area contributed by atoms with Gasteiger partial charge in [0.25, 0.3) is 0 Å². The molecule has 0 spiro atoms.